The van der Waals surface area contributed by atoms with Crippen LogP contribution in [0.5, 0.6) is 0 Å². The predicted molar refractivity (Wildman–Crippen MR) is 176 cm³/mol. The van der Waals surface area contributed by atoms with Gasteiger partial charge in [-0.15, -0.1) is 0 Å². The lowest BCUT2D eigenvalue weighted by atomic mass is 10.0. The Kier molecular flexibility index (Phi) is 11.3. The molecule has 230 valence electrons. The third-order valence-electron chi connectivity index (χ3n) is 7.39. The van der Waals surface area contributed by atoms with Crippen LogP contribution < -0.4 is 9.62 Å². The maximum atomic E-state index is 14.4. The molecule has 4 aromatic rings. The molecule has 0 aliphatic heterocycles. The van der Waals surface area contributed by atoms with Gasteiger partial charge < -0.3 is 10.2 Å². The minimum absolute atomic E-state index is 0.0810. The standard InChI is InChI=1S/C36H41N3O4S/c1-4-29-20-22-32(23-21-29)39(44(42,43)33-18-12-7-13-19-33)27-35(40)38(26-31-16-10-6-11-17-31)34(36(41)37-25-28(2)3)24-30-14-8-5-9-15-30/h5-23,28,34H,4,24-27H2,1-3H3,(H,37,41). The van der Waals surface area contributed by atoms with Gasteiger partial charge in [0.2, 0.25) is 11.8 Å². The molecule has 0 heterocycles. The molecule has 4 aromatic carbocycles. The zero-order chi connectivity index (χ0) is 31.5. The van der Waals surface area contributed by atoms with Crippen molar-refractivity contribution < 1.29 is 18.0 Å². The molecule has 8 heteroatoms. The molecular weight excluding hydrogens is 570 g/mol. The minimum atomic E-state index is -4.12. The molecule has 1 unspecified atom stereocenters. The number of aryl methyl sites for hydroxylation is 1. The Hall–Kier alpha value is -4.43. The summed E-state index contributed by atoms with van der Waals surface area (Å²) >= 11 is 0. The van der Waals surface area contributed by atoms with Gasteiger partial charge in [0.05, 0.1) is 10.6 Å². The third-order valence-corrected chi connectivity index (χ3v) is 9.18. The maximum Gasteiger partial charge on any atom is 0.264 e. The van der Waals surface area contributed by atoms with E-state index in [4.69, 9.17) is 0 Å². The highest BCUT2D eigenvalue weighted by molar-refractivity contribution is 7.92. The van der Waals surface area contributed by atoms with Crippen LogP contribution >= 0.6 is 0 Å². The van der Waals surface area contributed by atoms with E-state index in [1.54, 1.807) is 30.3 Å². The number of carbonyl (C=O) groups excluding carboxylic acids is 2. The Labute approximate surface area is 261 Å². The summed E-state index contributed by atoms with van der Waals surface area (Å²) in [4.78, 5) is 29.8. The molecule has 1 atom stereocenters. The Morgan fingerprint density at radius 1 is 0.727 bits per heavy atom. The van der Waals surface area contributed by atoms with Crippen molar-refractivity contribution in [3.05, 3.63) is 132 Å². The average molecular weight is 612 g/mol. The van der Waals surface area contributed by atoms with Gasteiger partial charge in [0.25, 0.3) is 10.0 Å². The molecule has 7 nitrogen and oxygen atoms in total. The second-order valence-electron chi connectivity index (χ2n) is 11.2. The number of nitrogens with zero attached hydrogens (tertiary/aromatic N) is 2. The Morgan fingerprint density at radius 2 is 1.27 bits per heavy atom. The van der Waals surface area contributed by atoms with Crippen LogP contribution in [0.4, 0.5) is 5.69 Å². The van der Waals surface area contributed by atoms with Gasteiger partial charge in [0.1, 0.15) is 12.6 Å². The SMILES string of the molecule is CCc1ccc(N(CC(=O)N(Cc2ccccc2)C(Cc2ccccc2)C(=O)NCC(C)C)S(=O)(=O)c2ccccc2)cc1. The first-order valence-electron chi connectivity index (χ1n) is 15.0. The van der Waals surface area contributed by atoms with Gasteiger partial charge in [0, 0.05) is 19.5 Å². The Bertz CT molecular complexity index is 1590. The fourth-order valence-corrected chi connectivity index (χ4v) is 6.34. The van der Waals surface area contributed by atoms with Gasteiger partial charge in [0.15, 0.2) is 0 Å². The highest BCUT2D eigenvalue weighted by Gasteiger charge is 2.34. The molecule has 4 rings (SSSR count). The van der Waals surface area contributed by atoms with Crippen LogP contribution in [0.1, 0.15) is 37.5 Å². The van der Waals surface area contributed by atoms with Gasteiger partial charge >= 0.3 is 0 Å². The van der Waals surface area contributed by atoms with Gasteiger partial charge in [-0.25, -0.2) is 8.42 Å². The highest BCUT2D eigenvalue weighted by atomic mass is 32.2. The highest BCUT2D eigenvalue weighted by Crippen LogP contribution is 2.25. The maximum absolute atomic E-state index is 14.4. The summed E-state index contributed by atoms with van der Waals surface area (Å²) in [5.74, 6) is -0.544. The van der Waals surface area contributed by atoms with Crippen LogP contribution in [0, 0.1) is 5.92 Å². The number of benzene rings is 4. The normalized spacial score (nSPS) is 12.0. The van der Waals surface area contributed by atoms with Crippen molar-refractivity contribution in [1.29, 1.82) is 0 Å². The lowest BCUT2D eigenvalue weighted by Crippen LogP contribution is -2.53. The Balaban J connectivity index is 1.77. The summed E-state index contributed by atoms with van der Waals surface area (Å²) in [5, 5.41) is 3.01. The molecule has 0 aromatic heterocycles. The molecule has 0 bridgehead atoms. The fourth-order valence-electron chi connectivity index (χ4n) is 4.90. The summed E-state index contributed by atoms with van der Waals surface area (Å²) in [7, 11) is -4.12. The largest absolute Gasteiger partial charge is 0.354 e. The van der Waals surface area contributed by atoms with Crippen LogP contribution in [0.25, 0.3) is 0 Å². The third kappa shape index (κ3) is 8.57. The molecule has 0 aliphatic rings. The second-order valence-corrected chi connectivity index (χ2v) is 13.1. The first-order chi connectivity index (χ1) is 21.2. The van der Waals surface area contributed by atoms with Crippen molar-refractivity contribution >= 4 is 27.5 Å². The summed E-state index contributed by atoms with van der Waals surface area (Å²) in [6.45, 7) is 6.16. The van der Waals surface area contributed by atoms with Crippen molar-refractivity contribution in [2.45, 2.75) is 51.1 Å². The van der Waals surface area contributed by atoms with E-state index in [2.05, 4.69) is 5.32 Å². The summed E-state index contributed by atoms with van der Waals surface area (Å²) in [6.07, 6.45) is 1.07. The molecule has 0 spiro atoms. The molecule has 0 radical (unpaired) electrons. The number of carbonyl (C=O) groups is 2. The van der Waals surface area contributed by atoms with Crippen LogP contribution in [0.2, 0.25) is 0 Å². The average Bonchev–Trinajstić information content (AvgIpc) is 3.05. The zero-order valence-electron chi connectivity index (χ0n) is 25.6. The van der Waals surface area contributed by atoms with Crippen LogP contribution in [0.15, 0.2) is 120 Å². The number of hydrogen-bond donors (Lipinski definition) is 1. The van der Waals surface area contributed by atoms with Crippen LogP contribution in [-0.2, 0) is 39.0 Å². The number of sulfonamides is 1. The van der Waals surface area contributed by atoms with E-state index in [0.29, 0.717) is 12.2 Å². The first kappa shape index (κ1) is 32.5. The van der Waals surface area contributed by atoms with E-state index in [9.17, 15) is 18.0 Å². The van der Waals surface area contributed by atoms with Gasteiger partial charge in [-0.3, -0.25) is 13.9 Å². The van der Waals surface area contributed by atoms with E-state index >= 15 is 0 Å². The Morgan fingerprint density at radius 3 is 1.82 bits per heavy atom. The first-order valence-corrected chi connectivity index (χ1v) is 16.4. The quantitative estimate of drug-likeness (QED) is 0.194. The smallest absolute Gasteiger partial charge is 0.264 e. The van der Waals surface area contributed by atoms with Crippen molar-refractivity contribution in [2.75, 3.05) is 17.4 Å². The minimum Gasteiger partial charge on any atom is -0.354 e. The van der Waals surface area contributed by atoms with E-state index in [1.165, 1.54) is 17.0 Å². The molecule has 2 amide bonds. The zero-order valence-corrected chi connectivity index (χ0v) is 26.4. The lowest BCUT2D eigenvalue weighted by Gasteiger charge is -2.34. The van der Waals surface area contributed by atoms with E-state index in [1.807, 2.05) is 93.6 Å². The molecule has 1 N–H and O–H groups in total. The van der Waals surface area contributed by atoms with Crippen molar-refractivity contribution in [1.82, 2.24) is 10.2 Å². The summed E-state index contributed by atoms with van der Waals surface area (Å²) in [6, 6.07) is 33.4. The number of amides is 2. The lowest BCUT2D eigenvalue weighted by molar-refractivity contribution is -0.140. The van der Waals surface area contributed by atoms with Gasteiger partial charge in [-0.2, -0.15) is 0 Å². The molecule has 0 saturated carbocycles. The summed E-state index contributed by atoms with van der Waals surface area (Å²) in [5.41, 5.74) is 3.16. The monoisotopic (exact) mass is 611 g/mol. The van der Waals surface area contributed by atoms with E-state index < -0.39 is 28.5 Å². The fraction of sp³-hybridized carbons (Fsp3) is 0.278. The van der Waals surface area contributed by atoms with Gasteiger partial charge in [-0.05, 0) is 53.3 Å². The van der Waals surface area contributed by atoms with E-state index in [-0.39, 0.29) is 29.7 Å². The van der Waals surface area contributed by atoms with Crippen molar-refractivity contribution in [3.8, 4) is 0 Å². The number of nitrogens with one attached hydrogen (secondary N) is 1. The molecule has 0 saturated heterocycles. The number of rotatable bonds is 14. The molecule has 44 heavy (non-hydrogen) atoms. The second kappa shape index (κ2) is 15.3. The topological polar surface area (TPSA) is 86.8 Å². The molecule has 0 fully saturated rings. The van der Waals surface area contributed by atoms with Crippen molar-refractivity contribution in [3.63, 3.8) is 0 Å². The van der Waals surface area contributed by atoms with Crippen molar-refractivity contribution in [2.24, 2.45) is 5.92 Å². The van der Waals surface area contributed by atoms with Crippen LogP contribution in [0.3, 0.4) is 0 Å². The molecular formula is C36H41N3O4S. The van der Waals surface area contributed by atoms with Crippen LogP contribution in [-0.4, -0.2) is 44.3 Å². The molecule has 0 aliphatic carbocycles. The predicted octanol–water partition coefficient (Wildman–Crippen LogP) is 5.86. The van der Waals surface area contributed by atoms with E-state index in [0.717, 1.165) is 27.4 Å². The number of anilines is 1. The van der Waals surface area contributed by atoms with Gasteiger partial charge in [-0.1, -0.05) is 112 Å². The summed E-state index contributed by atoms with van der Waals surface area (Å²) < 4.78 is 29.3. The number of hydrogen-bond acceptors (Lipinski definition) is 4.